The number of hydrogen-bond donors (Lipinski definition) is 0. The number of hydrogen-bond acceptors (Lipinski definition) is 5. The summed E-state index contributed by atoms with van der Waals surface area (Å²) in [4.78, 5) is 12.4. The Balaban J connectivity index is 1.55. The fourth-order valence-corrected chi connectivity index (χ4v) is 3.05. The molecular formula is C25H20O5. The lowest BCUT2D eigenvalue weighted by atomic mass is 10.1. The summed E-state index contributed by atoms with van der Waals surface area (Å²) in [6, 6.07) is 22.3. The fourth-order valence-electron chi connectivity index (χ4n) is 3.05. The topological polar surface area (TPSA) is 54.0 Å². The van der Waals surface area contributed by atoms with Crippen LogP contribution in [0.3, 0.4) is 0 Å². The summed E-state index contributed by atoms with van der Waals surface area (Å²) in [7, 11) is 3.16. The van der Waals surface area contributed by atoms with E-state index in [0.717, 1.165) is 16.9 Å². The highest BCUT2D eigenvalue weighted by Gasteiger charge is 2.22. The van der Waals surface area contributed by atoms with Gasteiger partial charge in [-0.3, -0.25) is 0 Å². The van der Waals surface area contributed by atoms with Gasteiger partial charge in [0.2, 0.25) is 0 Å². The highest BCUT2D eigenvalue weighted by atomic mass is 16.5. The number of ether oxygens (including phenoxy) is 4. The maximum atomic E-state index is 12.4. The zero-order valence-electron chi connectivity index (χ0n) is 16.6. The third-order valence-corrected chi connectivity index (χ3v) is 4.59. The van der Waals surface area contributed by atoms with Gasteiger partial charge in [0, 0.05) is 17.2 Å². The Morgan fingerprint density at radius 1 is 0.800 bits per heavy atom. The summed E-state index contributed by atoms with van der Waals surface area (Å²) in [5.41, 5.74) is 1.99. The molecule has 1 aliphatic rings. The van der Waals surface area contributed by atoms with Gasteiger partial charge < -0.3 is 18.9 Å². The van der Waals surface area contributed by atoms with Gasteiger partial charge in [-0.1, -0.05) is 18.2 Å². The molecule has 1 heterocycles. The quantitative estimate of drug-likeness (QED) is 0.405. The molecule has 0 aromatic heterocycles. The fraction of sp³-hybridized carbons (Fsp3) is 0.0800. The minimum absolute atomic E-state index is 0.410. The minimum atomic E-state index is -0.410. The van der Waals surface area contributed by atoms with Crippen LogP contribution >= 0.6 is 0 Å². The Labute approximate surface area is 174 Å². The monoisotopic (exact) mass is 400 g/mol. The summed E-state index contributed by atoms with van der Waals surface area (Å²) in [5, 5.41) is 0. The predicted molar refractivity (Wildman–Crippen MR) is 115 cm³/mol. The Morgan fingerprint density at radius 3 is 2.20 bits per heavy atom. The molecule has 5 heteroatoms. The minimum Gasteiger partial charge on any atom is -0.497 e. The molecule has 0 bridgehead atoms. The van der Waals surface area contributed by atoms with Crippen molar-refractivity contribution >= 4 is 17.8 Å². The van der Waals surface area contributed by atoms with Crippen LogP contribution in [0.1, 0.15) is 11.1 Å². The maximum Gasteiger partial charge on any atom is 0.343 e. The second-order valence-corrected chi connectivity index (χ2v) is 6.55. The van der Waals surface area contributed by atoms with Crippen molar-refractivity contribution in [3.8, 4) is 23.0 Å². The van der Waals surface area contributed by atoms with E-state index in [-0.39, 0.29) is 0 Å². The maximum absolute atomic E-state index is 12.4. The van der Waals surface area contributed by atoms with Crippen LogP contribution in [0.2, 0.25) is 0 Å². The van der Waals surface area contributed by atoms with E-state index in [4.69, 9.17) is 18.9 Å². The normalized spacial score (nSPS) is 14.3. The van der Waals surface area contributed by atoms with Crippen molar-refractivity contribution in [2.24, 2.45) is 0 Å². The number of methoxy groups -OCH3 is 2. The second-order valence-electron chi connectivity index (χ2n) is 6.55. The van der Waals surface area contributed by atoms with E-state index in [1.165, 1.54) is 0 Å². The van der Waals surface area contributed by atoms with Gasteiger partial charge in [-0.05, 0) is 60.7 Å². The van der Waals surface area contributed by atoms with Crippen LogP contribution in [0.5, 0.6) is 23.0 Å². The van der Waals surface area contributed by atoms with Crippen LogP contribution in [0, 0.1) is 0 Å². The van der Waals surface area contributed by atoms with Gasteiger partial charge in [0.1, 0.15) is 28.8 Å². The predicted octanol–water partition coefficient (Wildman–Crippen LogP) is 5.48. The number of rotatable bonds is 6. The lowest BCUT2D eigenvalue weighted by Crippen LogP contribution is -1.98. The molecule has 0 aliphatic carbocycles. The Bertz CT molecular complexity index is 1110. The molecule has 0 spiro atoms. The van der Waals surface area contributed by atoms with E-state index < -0.39 is 5.97 Å². The number of esters is 1. The van der Waals surface area contributed by atoms with Crippen molar-refractivity contribution in [2.75, 3.05) is 14.2 Å². The molecule has 150 valence electrons. The van der Waals surface area contributed by atoms with Crippen LogP contribution < -0.4 is 14.2 Å². The molecule has 0 fully saturated rings. The lowest BCUT2D eigenvalue weighted by molar-refractivity contribution is -0.130. The van der Waals surface area contributed by atoms with Crippen molar-refractivity contribution in [3.05, 3.63) is 95.6 Å². The number of cyclic esters (lactones) is 1. The van der Waals surface area contributed by atoms with Gasteiger partial charge in [0.05, 0.1) is 19.8 Å². The first kappa shape index (κ1) is 19.3. The summed E-state index contributed by atoms with van der Waals surface area (Å²) in [6.45, 7) is 0. The average Bonchev–Trinajstić information content (AvgIpc) is 3.15. The van der Waals surface area contributed by atoms with Crippen LogP contribution in [0.25, 0.3) is 11.8 Å². The third kappa shape index (κ3) is 4.20. The molecule has 0 atom stereocenters. The second kappa shape index (κ2) is 8.57. The van der Waals surface area contributed by atoms with Crippen LogP contribution in [0.15, 0.2) is 84.4 Å². The third-order valence-electron chi connectivity index (χ3n) is 4.59. The van der Waals surface area contributed by atoms with E-state index in [1.54, 1.807) is 32.4 Å². The van der Waals surface area contributed by atoms with Gasteiger partial charge in [-0.2, -0.15) is 0 Å². The molecule has 0 amide bonds. The molecule has 30 heavy (non-hydrogen) atoms. The van der Waals surface area contributed by atoms with Crippen LogP contribution in [0.4, 0.5) is 0 Å². The molecule has 1 aliphatic heterocycles. The van der Waals surface area contributed by atoms with E-state index in [1.807, 2.05) is 66.7 Å². The number of benzene rings is 3. The largest absolute Gasteiger partial charge is 0.497 e. The number of para-hydroxylation sites is 1. The van der Waals surface area contributed by atoms with Gasteiger partial charge in [-0.15, -0.1) is 0 Å². The average molecular weight is 400 g/mol. The first-order chi connectivity index (χ1) is 14.7. The molecule has 3 aromatic rings. The highest BCUT2D eigenvalue weighted by molar-refractivity contribution is 6.05. The van der Waals surface area contributed by atoms with Crippen LogP contribution in [-0.4, -0.2) is 20.2 Å². The first-order valence-corrected chi connectivity index (χ1v) is 9.37. The van der Waals surface area contributed by atoms with E-state index >= 15 is 0 Å². The zero-order chi connectivity index (χ0) is 20.9. The summed E-state index contributed by atoms with van der Waals surface area (Å²) in [6.07, 6.45) is 3.46. The molecule has 5 nitrogen and oxygen atoms in total. The van der Waals surface area contributed by atoms with Crippen molar-refractivity contribution in [1.82, 2.24) is 0 Å². The molecule has 4 rings (SSSR count). The first-order valence-electron chi connectivity index (χ1n) is 9.37. The zero-order valence-corrected chi connectivity index (χ0v) is 16.6. The molecule has 0 radical (unpaired) electrons. The van der Waals surface area contributed by atoms with Crippen LogP contribution in [-0.2, 0) is 9.53 Å². The van der Waals surface area contributed by atoms with Gasteiger partial charge in [0.25, 0.3) is 0 Å². The molecule has 0 unspecified atom stereocenters. The molecule has 0 saturated heterocycles. The van der Waals surface area contributed by atoms with Gasteiger partial charge in [-0.25, -0.2) is 4.79 Å². The molecule has 0 saturated carbocycles. The van der Waals surface area contributed by atoms with Crippen molar-refractivity contribution in [1.29, 1.82) is 0 Å². The van der Waals surface area contributed by atoms with Crippen molar-refractivity contribution in [2.45, 2.75) is 0 Å². The highest BCUT2D eigenvalue weighted by Crippen LogP contribution is 2.32. The van der Waals surface area contributed by atoms with E-state index in [9.17, 15) is 4.79 Å². The Kier molecular flexibility index (Phi) is 5.52. The smallest absolute Gasteiger partial charge is 0.343 e. The van der Waals surface area contributed by atoms with Crippen molar-refractivity contribution < 1.29 is 23.7 Å². The lowest BCUT2D eigenvalue weighted by Gasteiger charge is -2.07. The summed E-state index contributed by atoms with van der Waals surface area (Å²) >= 11 is 0. The molecule has 0 N–H and O–H groups in total. The van der Waals surface area contributed by atoms with E-state index in [2.05, 4.69) is 0 Å². The number of carbonyl (C=O) groups excluding carboxylic acids is 1. The summed E-state index contributed by atoms with van der Waals surface area (Å²) in [5.74, 6) is 2.83. The SMILES string of the molecule is COc1ccc(/C=C2\C=C(c3ccc(Oc4ccccc4)cc3)OC2=O)c(OC)c1. The Morgan fingerprint density at radius 2 is 1.50 bits per heavy atom. The van der Waals surface area contributed by atoms with Gasteiger partial charge >= 0.3 is 5.97 Å². The molecular weight excluding hydrogens is 380 g/mol. The van der Waals surface area contributed by atoms with E-state index in [0.29, 0.717) is 28.6 Å². The Hall–Kier alpha value is -3.99. The van der Waals surface area contributed by atoms with Gasteiger partial charge in [0.15, 0.2) is 0 Å². The van der Waals surface area contributed by atoms with Crippen molar-refractivity contribution in [3.63, 3.8) is 0 Å². The number of carbonyl (C=O) groups is 1. The summed E-state index contributed by atoms with van der Waals surface area (Å²) < 4.78 is 21.9. The molecule has 3 aromatic carbocycles. The standard InChI is InChI=1S/C25H20O5/c1-27-22-13-10-18(23(16-22)28-2)14-19-15-24(30-25(19)26)17-8-11-21(12-9-17)29-20-6-4-3-5-7-20/h3-16H,1-2H3/b19-14+.